The van der Waals surface area contributed by atoms with Gasteiger partial charge in [0, 0.05) is 29.1 Å². The molecule has 0 saturated heterocycles. The summed E-state index contributed by atoms with van der Waals surface area (Å²) in [5.41, 5.74) is 2.54. The fraction of sp³-hybridized carbons (Fsp3) is 0.238. The van der Waals surface area contributed by atoms with Crippen molar-refractivity contribution in [3.63, 3.8) is 0 Å². The molecule has 5 rings (SSSR count). The number of nitrogens with one attached hydrogen (secondary N) is 2. The van der Waals surface area contributed by atoms with Crippen molar-refractivity contribution in [1.29, 1.82) is 0 Å². The van der Waals surface area contributed by atoms with Gasteiger partial charge < -0.3 is 9.72 Å². The highest BCUT2D eigenvalue weighted by atomic mass is 32.2. The van der Waals surface area contributed by atoms with E-state index in [1.54, 1.807) is 11.8 Å². The Hall–Kier alpha value is -2.91. The normalized spacial score (nSPS) is 13.6. The highest BCUT2D eigenvalue weighted by Gasteiger charge is 2.27. The molecule has 0 unspecified atom stereocenters. The minimum atomic E-state index is -0.121. The highest BCUT2D eigenvalue weighted by Crippen LogP contribution is 2.35. The number of carbonyl (C=O) groups excluding carboxylic acids is 1. The van der Waals surface area contributed by atoms with Gasteiger partial charge in [0.1, 0.15) is 5.65 Å². The Morgan fingerprint density at radius 1 is 1.23 bits per heavy atom. The number of hydrogen-bond donors (Lipinski definition) is 2. The van der Waals surface area contributed by atoms with Crippen LogP contribution in [-0.2, 0) is 12.3 Å². The van der Waals surface area contributed by atoms with Crippen LogP contribution in [0.25, 0.3) is 5.65 Å². The summed E-state index contributed by atoms with van der Waals surface area (Å²) in [6, 6.07) is 14.0. The fourth-order valence-electron chi connectivity index (χ4n) is 3.41. The van der Waals surface area contributed by atoms with E-state index in [1.165, 1.54) is 0 Å². The van der Waals surface area contributed by atoms with E-state index < -0.39 is 0 Å². The molecule has 2 N–H and O–H groups in total. The van der Waals surface area contributed by atoms with Crippen LogP contribution in [0.1, 0.15) is 40.8 Å². The monoisotopic (exact) mass is 436 g/mol. The molecular formula is C21H20N6OS2. The summed E-state index contributed by atoms with van der Waals surface area (Å²) in [5, 5.41) is 10.1. The molecule has 30 heavy (non-hydrogen) atoms. The lowest BCUT2D eigenvalue weighted by atomic mass is 10.2. The Morgan fingerprint density at radius 2 is 2.07 bits per heavy atom. The second-order valence-corrected chi connectivity index (χ2v) is 8.62. The van der Waals surface area contributed by atoms with E-state index >= 15 is 0 Å². The summed E-state index contributed by atoms with van der Waals surface area (Å²) in [7, 11) is 0. The van der Waals surface area contributed by atoms with Crippen LogP contribution in [0.2, 0.25) is 0 Å². The third-order valence-electron chi connectivity index (χ3n) is 5.02. The summed E-state index contributed by atoms with van der Waals surface area (Å²) >= 11 is 6.92. The molecule has 1 aromatic carbocycles. The zero-order valence-electron chi connectivity index (χ0n) is 16.1. The number of aromatic nitrogens is 5. The average Bonchev–Trinajstić information content (AvgIpc) is 3.40. The summed E-state index contributed by atoms with van der Waals surface area (Å²) in [5.74, 6) is 1.34. The second kappa shape index (κ2) is 8.08. The Morgan fingerprint density at radius 3 is 2.90 bits per heavy atom. The lowest BCUT2D eigenvalue weighted by Gasteiger charge is -2.10. The van der Waals surface area contributed by atoms with Crippen LogP contribution in [0.4, 0.5) is 0 Å². The number of thioether (sulfide) groups is 1. The lowest BCUT2D eigenvalue weighted by Crippen LogP contribution is -2.25. The van der Waals surface area contributed by atoms with Gasteiger partial charge in [-0.3, -0.25) is 14.5 Å². The van der Waals surface area contributed by atoms with Crippen LogP contribution in [0.3, 0.4) is 0 Å². The van der Waals surface area contributed by atoms with Crippen LogP contribution in [-0.4, -0.2) is 30.1 Å². The van der Waals surface area contributed by atoms with Gasteiger partial charge in [-0.25, -0.2) is 4.98 Å². The van der Waals surface area contributed by atoms with Crippen molar-refractivity contribution in [2.75, 3.05) is 0 Å². The van der Waals surface area contributed by atoms with Gasteiger partial charge in [-0.1, -0.05) is 18.2 Å². The molecule has 1 fully saturated rings. The lowest BCUT2D eigenvalue weighted by molar-refractivity contribution is 0.0946. The predicted molar refractivity (Wildman–Crippen MR) is 118 cm³/mol. The minimum Gasteiger partial charge on any atom is -0.345 e. The van der Waals surface area contributed by atoms with E-state index in [1.807, 2.05) is 63.8 Å². The van der Waals surface area contributed by atoms with Gasteiger partial charge in [-0.05, 0) is 49.3 Å². The zero-order valence-corrected chi connectivity index (χ0v) is 17.7. The number of rotatable bonds is 7. The number of nitrogens with zero attached hydrogens (tertiary/aromatic N) is 4. The van der Waals surface area contributed by atoms with Crippen molar-refractivity contribution in [2.24, 2.45) is 0 Å². The third kappa shape index (κ3) is 3.90. The van der Waals surface area contributed by atoms with E-state index in [0.29, 0.717) is 28.7 Å². The SMILES string of the molecule is O=C(NCc1n[nH]c(=S)n1C1CC1)c1ccccc1SCc1cn2ccccc2n1. The first-order chi connectivity index (χ1) is 14.7. The summed E-state index contributed by atoms with van der Waals surface area (Å²) < 4.78 is 4.63. The van der Waals surface area contributed by atoms with Gasteiger partial charge in [0.25, 0.3) is 5.91 Å². The predicted octanol–water partition coefficient (Wildman–Crippen LogP) is 4.15. The van der Waals surface area contributed by atoms with Crippen molar-refractivity contribution in [3.8, 4) is 0 Å². The van der Waals surface area contributed by atoms with Crippen molar-refractivity contribution in [1.82, 2.24) is 29.5 Å². The van der Waals surface area contributed by atoms with Crippen molar-refractivity contribution >= 4 is 35.5 Å². The van der Waals surface area contributed by atoms with Crippen LogP contribution in [0, 0.1) is 4.77 Å². The molecule has 9 heteroatoms. The number of pyridine rings is 1. The molecule has 1 aliphatic rings. The maximum Gasteiger partial charge on any atom is 0.252 e. The number of H-pyrrole nitrogens is 1. The van der Waals surface area contributed by atoms with E-state index in [4.69, 9.17) is 12.2 Å². The number of aromatic amines is 1. The number of hydrogen-bond acceptors (Lipinski definition) is 5. The topological polar surface area (TPSA) is 80.0 Å². The van der Waals surface area contributed by atoms with Gasteiger partial charge >= 0.3 is 0 Å². The average molecular weight is 437 g/mol. The molecule has 1 amide bonds. The van der Waals surface area contributed by atoms with E-state index in [-0.39, 0.29) is 5.91 Å². The number of carbonyl (C=O) groups is 1. The van der Waals surface area contributed by atoms with Crippen LogP contribution < -0.4 is 5.32 Å². The van der Waals surface area contributed by atoms with Crippen molar-refractivity contribution < 1.29 is 4.79 Å². The molecule has 0 aliphatic heterocycles. The van der Waals surface area contributed by atoms with Gasteiger partial charge in [0.15, 0.2) is 10.6 Å². The van der Waals surface area contributed by atoms with Gasteiger partial charge in [0.2, 0.25) is 0 Å². The largest absolute Gasteiger partial charge is 0.345 e. The van der Waals surface area contributed by atoms with E-state index in [0.717, 1.165) is 34.9 Å². The number of amides is 1. The molecule has 4 aromatic rings. The second-order valence-electron chi connectivity index (χ2n) is 7.21. The number of benzene rings is 1. The molecule has 0 bridgehead atoms. The standard InChI is InChI=1S/C21H20N6OS2/c28-20(22-11-19-24-25-21(29)27(19)15-8-9-15)16-5-1-2-6-17(16)30-13-14-12-26-10-4-3-7-18(26)23-14/h1-7,10,12,15H,8-9,11,13H2,(H,22,28)(H,25,29). The van der Waals surface area contributed by atoms with Crippen molar-refractivity contribution in [3.05, 3.63) is 76.7 Å². The molecule has 0 atom stereocenters. The van der Waals surface area contributed by atoms with Crippen LogP contribution in [0.15, 0.2) is 59.8 Å². The van der Waals surface area contributed by atoms with Crippen LogP contribution >= 0.6 is 24.0 Å². The molecule has 7 nitrogen and oxygen atoms in total. The summed E-state index contributed by atoms with van der Waals surface area (Å²) in [6.07, 6.45) is 6.22. The first-order valence-electron chi connectivity index (χ1n) is 9.77. The Balaban J connectivity index is 1.28. The van der Waals surface area contributed by atoms with E-state index in [9.17, 15) is 4.79 Å². The van der Waals surface area contributed by atoms with Gasteiger partial charge in [-0.2, -0.15) is 5.10 Å². The fourth-order valence-corrected chi connectivity index (χ4v) is 4.65. The summed E-state index contributed by atoms with van der Waals surface area (Å²) in [6.45, 7) is 0.341. The third-order valence-corrected chi connectivity index (χ3v) is 6.41. The first-order valence-corrected chi connectivity index (χ1v) is 11.2. The molecule has 0 spiro atoms. The first kappa shape index (κ1) is 19.1. The van der Waals surface area contributed by atoms with Gasteiger partial charge in [0.05, 0.1) is 17.8 Å². The van der Waals surface area contributed by atoms with Crippen molar-refractivity contribution in [2.45, 2.75) is 36.1 Å². The van der Waals surface area contributed by atoms with E-state index in [2.05, 4.69) is 20.5 Å². The molecule has 0 radical (unpaired) electrons. The molecule has 152 valence electrons. The molecule has 1 aliphatic carbocycles. The Labute approximate surface area is 182 Å². The Bertz CT molecular complexity index is 1240. The number of fused-ring (bicyclic) bond motifs is 1. The quantitative estimate of drug-likeness (QED) is 0.336. The Kier molecular flexibility index (Phi) is 5.14. The highest BCUT2D eigenvalue weighted by molar-refractivity contribution is 7.98. The van der Waals surface area contributed by atoms with Crippen LogP contribution in [0.5, 0.6) is 0 Å². The molecule has 3 aromatic heterocycles. The molecular weight excluding hydrogens is 416 g/mol. The molecule has 3 heterocycles. The minimum absolute atomic E-state index is 0.121. The zero-order chi connectivity index (χ0) is 20.5. The maximum atomic E-state index is 12.9. The maximum absolute atomic E-state index is 12.9. The summed E-state index contributed by atoms with van der Waals surface area (Å²) in [4.78, 5) is 18.4. The molecule has 1 saturated carbocycles. The smallest absolute Gasteiger partial charge is 0.252 e. The number of imidazole rings is 1. The van der Waals surface area contributed by atoms with Gasteiger partial charge in [-0.15, -0.1) is 11.8 Å².